The van der Waals surface area contributed by atoms with Crippen LogP contribution in [0.5, 0.6) is 0 Å². The first-order valence-electron chi connectivity index (χ1n) is 6.21. The number of hydrogen-bond donors (Lipinski definition) is 2. The van der Waals surface area contributed by atoms with Gasteiger partial charge in [0.15, 0.2) is 0 Å². The van der Waals surface area contributed by atoms with Crippen LogP contribution < -0.4 is 10.6 Å². The topological polar surface area (TPSA) is 67.4 Å². The van der Waals surface area contributed by atoms with E-state index in [1.807, 2.05) is 30.3 Å². The summed E-state index contributed by atoms with van der Waals surface area (Å²) in [5.41, 5.74) is 1.01. The number of methoxy groups -OCH3 is 1. The summed E-state index contributed by atoms with van der Waals surface area (Å²) in [6.45, 7) is 1.96. The lowest BCUT2D eigenvalue weighted by Gasteiger charge is -2.10. The molecular formula is C15H18N2O3. The molecule has 0 saturated heterocycles. The summed E-state index contributed by atoms with van der Waals surface area (Å²) in [6, 6.07) is 12.0. The summed E-state index contributed by atoms with van der Waals surface area (Å²) in [6.07, 6.45) is 0. The fourth-order valence-corrected chi connectivity index (χ4v) is 1.47. The third-order valence-electron chi connectivity index (χ3n) is 2.44. The number of hydrogen-bond acceptors (Lipinski definition) is 3. The van der Waals surface area contributed by atoms with Crippen LogP contribution in [-0.4, -0.2) is 25.5 Å². The van der Waals surface area contributed by atoms with Crippen LogP contribution in [0.3, 0.4) is 0 Å². The molecular weight excluding hydrogens is 256 g/mol. The molecule has 0 spiro atoms. The second kappa shape index (κ2) is 8.73. The summed E-state index contributed by atoms with van der Waals surface area (Å²) in [4.78, 5) is 22.7. The quantitative estimate of drug-likeness (QED) is 0.612. The van der Waals surface area contributed by atoms with Crippen LogP contribution in [0.4, 0.5) is 0 Å². The molecule has 1 unspecified atom stereocenters. The lowest BCUT2D eigenvalue weighted by atomic mass is 10.1. The number of carbonyl (C=O) groups excluding carboxylic acids is 2. The second-order valence-corrected chi connectivity index (χ2v) is 4.16. The van der Waals surface area contributed by atoms with Crippen molar-refractivity contribution >= 4 is 11.8 Å². The Hall–Kier alpha value is -2.32. The standard InChI is InChI=1S/C15H18N2O3/c1-12(18)16-9-8-14(11-20-2)15(19)17-10-13-6-4-3-5-7-13/h3-7,14H,10-11H2,1-2H3,(H,16,18)(H,17,19). The summed E-state index contributed by atoms with van der Waals surface area (Å²) < 4.78 is 4.96. The van der Waals surface area contributed by atoms with Crippen LogP contribution in [0.2, 0.25) is 0 Å². The van der Waals surface area contributed by atoms with E-state index in [0.29, 0.717) is 6.54 Å². The van der Waals surface area contributed by atoms with Gasteiger partial charge in [-0.05, 0) is 5.56 Å². The number of benzene rings is 1. The van der Waals surface area contributed by atoms with E-state index in [1.165, 1.54) is 14.0 Å². The fraction of sp³-hybridized carbons (Fsp3) is 0.333. The van der Waals surface area contributed by atoms with Crippen LogP contribution in [0, 0.1) is 17.9 Å². The molecule has 0 saturated carbocycles. The van der Waals surface area contributed by atoms with Crippen molar-refractivity contribution in [2.75, 3.05) is 13.7 Å². The smallest absolute Gasteiger partial charge is 0.237 e. The fourth-order valence-electron chi connectivity index (χ4n) is 1.47. The zero-order valence-corrected chi connectivity index (χ0v) is 11.6. The van der Waals surface area contributed by atoms with Crippen molar-refractivity contribution in [2.24, 2.45) is 5.92 Å². The minimum Gasteiger partial charge on any atom is -0.383 e. The SMILES string of the molecule is COCC(C#CNC(C)=O)C(=O)NCc1ccccc1. The molecule has 5 nitrogen and oxygen atoms in total. The van der Waals surface area contributed by atoms with Gasteiger partial charge in [-0.2, -0.15) is 0 Å². The molecule has 1 aromatic rings. The largest absolute Gasteiger partial charge is 0.383 e. The van der Waals surface area contributed by atoms with Gasteiger partial charge in [0.1, 0.15) is 5.92 Å². The summed E-state index contributed by atoms with van der Waals surface area (Å²) >= 11 is 0. The Morgan fingerprint density at radius 1 is 1.30 bits per heavy atom. The maximum Gasteiger partial charge on any atom is 0.237 e. The van der Waals surface area contributed by atoms with Gasteiger partial charge < -0.3 is 10.1 Å². The van der Waals surface area contributed by atoms with E-state index in [2.05, 4.69) is 22.6 Å². The maximum atomic E-state index is 12.0. The highest BCUT2D eigenvalue weighted by Gasteiger charge is 2.15. The minimum atomic E-state index is -0.615. The van der Waals surface area contributed by atoms with Crippen molar-refractivity contribution in [2.45, 2.75) is 13.5 Å². The van der Waals surface area contributed by atoms with E-state index < -0.39 is 5.92 Å². The number of ether oxygens (including phenoxy) is 1. The Kier molecular flexibility index (Phi) is 6.87. The minimum absolute atomic E-state index is 0.174. The highest BCUT2D eigenvalue weighted by molar-refractivity contribution is 5.82. The monoisotopic (exact) mass is 274 g/mol. The normalized spacial score (nSPS) is 10.9. The molecule has 0 aromatic heterocycles. The summed E-state index contributed by atoms with van der Waals surface area (Å²) in [5.74, 6) is 1.56. The van der Waals surface area contributed by atoms with E-state index >= 15 is 0 Å². The van der Waals surface area contributed by atoms with E-state index in [0.717, 1.165) is 5.56 Å². The number of carbonyl (C=O) groups is 2. The van der Waals surface area contributed by atoms with E-state index in [9.17, 15) is 9.59 Å². The van der Waals surface area contributed by atoms with Gasteiger partial charge in [0.25, 0.3) is 0 Å². The van der Waals surface area contributed by atoms with Gasteiger partial charge in [-0.25, -0.2) is 0 Å². The number of nitrogens with one attached hydrogen (secondary N) is 2. The Balaban J connectivity index is 2.54. The molecule has 20 heavy (non-hydrogen) atoms. The van der Waals surface area contributed by atoms with Crippen molar-refractivity contribution in [1.82, 2.24) is 10.6 Å². The molecule has 0 aliphatic heterocycles. The van der Waals surface area contributed by atoms with Gasteiger partial charge in [0, 0.05) is 26.6 Å². The average Bonchev–Trinajstić information content (AvgIpc) is 2.44. The number of rotatable bonds is 5. The first-order chi connectivity index (χ1) is 9.63. The number of amides is 2. The highest BCUT2D eigenvalue weighted by atomic mass is 16.5. The molecule has 1 aromatic carbocycles. The molecule has 0 bridgehead atoms. The van der Waals surface area contributed by atoms with Crippen molar-refractivity contribution in [3.8, 4) is 12.0 Å². The van der Waals surface area contributed by atoms with Gasteiger partial charge in [0.05, 0.1) is 6.61 Å². The zero-order chi connectivity index (χ0) is 14.8. The van der Waals surface area contributed by atoms with E-state index in [1.54, 1.807) is 0 Å². The van der Waals surface area contributed by atoms with Crippen LogP contribution in [0.25, 0.3) is 0 Å². The van der Waals surface area contributed by atoms with Crippen molar-refractivity contribution in [3.63, 3.8) is 0 Å². The van der Waals surface area contributed by atoms with Crippen molar-refractivity contribution < 1.29 is 14.3 Å². The van der Waals surface area contributed by atoms with Crippen LogP contribution in [-0.2, 0) is 20.9 Å². The molecule has 0 aliphatic rings. The van der Waals surface area contributed by atoms with Gasteiger partial charge in [-0.15, -0.1) is 0 Å². The zero-order valence-electron chi connectivity index (χ0n) is 11.6. The third-order valence-corrected chi connectivity index (χ3v) is 2.44. The predicted octanol–water partition coefficient (Wildman–Crippen LogP) is 0.662. The predicted molar refractivity (Wildman–Crippen MR) is 75.2 cm³/mol. The van der Waals surface area contributed by atoms with E-state index in [-0.39, 0.29) is 18.4 Å². The highest BCUT2D eigenvalue weighted by Crippen LogP contribution is 2.00. The first kappa shape index (κ1) is 15.7. The lowest BCUT2D eigenvalue weighted by molar-refractivity contribution is -0.124. The summed E-state index contributed by atoms with van der Waals surface area (Å²) in [5, 5.41) is 5.12. The first-order valence-corrected chi connectivity index (χ1v) is 6.21. The Morgan fingerprint density at radius 3 is 2.60 bits per heavy atom. The molecule has 5 heteroatoms. The molecule has 1 rings (SSSR count). The van der Waals surface area contributed by atoms with Crippen LogP contribution in [0.15, 0.2) is 30.3 Å². The van der Waals surface area contributed by atoms with Gasteiger partial charge >= 0.3 is 0 Å². The molecule has 2 amide bonds. The summed E-state index contributed by atoms with van der Waals surface area (Å²) in [7, 11) is 1.50. The lowest BCUT2D eigenvalue weighted by Crippen LogP contribution is -2.32. The molecule has 2 N–H and O–H groups in total. The Morgan fingerprint density at radius 2 is 2.00 bits per heavy atom. The van der Waals surface area contributed by atoms with Crippen LogP contribution in [0.1, 0.15) is 12.5 Å². The molecule has 106 valence electrons. The third kappa shape index (κ3) is 6.03. The Labute approximate surface area is 118 Å². The molecule has 0 radical (unpaired) electrons. The molecule has 0 heterocycles. The van der Waals surface area contributed by atoms with Gasteiger partial charge in [-0.3, -0.25) is 14.9 Å². The van der Waals surface area contributed by atoms with Crippen molar-refractivity contribution in [1.29, 1.82) is 0 Å². The Bertz CT molecular complexity index is 503. The second-order valence-electron chi connectivity index (χ2n) is 4.16. The molecule has 1 atom stereocenters. The van der Waals surface area contributed by atoms with Crippen LogP contribution >= 0.6 is 0 Å². The molecule has 0 aliphatic carbocycles. The average molecular weight is 274 g/mol. The van der Waals surface area contributed by atoms with E-state index in [4.69, 9.17) is 4.74 Å². The van der Waals surface area contributed by atoms with Gasteiger partial charge in [0.2, 0.25) is 11.8 Å². The van der Waals surface area contributed by atoms with Crippen molar-refractivity contribution in [3.05, 3.63) is 35.9 Å². The maximum absolute atomic E-state index is 12.0. The molecule has 0 fully saturated rings. The van der Waals surface area contributed by atoms with Gasteiger partial charge in [-0.1, -0.05) is 36.3 Å².